The number of hydrogen-bond donors (Lipinski definition) is 2. The summed E-state index contributed by atoms with van der Waals surface area (Å²) in [6.45, 7) is 5.60. The molecule has 2 aliphatic rings. The molecule has 6 heteroatoms. The van der Waals surface area contributed by atoms with Crippen LogP contribution in [0.15, 0.2) is 24.3 Å². The van der Waals surface area contributed by atoms with Crippen LogP contribution in [0.2, 0.25) is 0 Å². The van der Waals surface area contributed by atoms with E-state index in [1.54, 1.807) is 24.3 Å². The number of piperazine rings is 1. The number of nitrogens with two attached hydrogens (primary N) is 1. The zero-order valence-corrected chi connectivity index (χ0v) is 13.3. The van der Waals surface area contributed by atoms with E-state index in [0.717, 1.165) is 39.3 Å². The highest BCUT2D eigenvalue weighted by atomic mass is 16.2. The minimum Gasteiger partial charge on any atom is -0.366 e. The number of nitrogens with zero attached hydrogens (tertiary/aromatic N) is 2. The summed E-state index contributed by atoms with van der Waals surface area (Å²) < 4.78 is 0. The summed E-state index contributed by atoms with van der Waals surface area (Å²) in [7, 11) is 0. The van der Waals surface area contributed by atoms with Gasteiger partial charge in [-0.3, -0.25) is 14.5 Å². The van der Waals surface area contributed by atoms with Gasteiger partial charge in [-0.15, -0.1) is 0 Å². The van der Waals surface area contributed by atoms with Crippen LogP contribution in [0.25, 0.3) is 0 Å². The van der Waals surface area contributed by atoms with Crippen LogP contribution in [0.4, 0.5) is 0 Å². The smallest absolute Gasteiger partial charge is 0.253 e. The number of hydrogen-bond acceptors (Lipinski definition) is 4. The Morgan fingerprint density at radius 2 is 1.52 bits per heavy atom. The summed E-state index contributed by atoms with van der Waals surface area (Å²) in [5.41, 5.74) is 6.27. The quantitative estimate of drug-likeness (QED) is 0.840. The number of nitrogens with one attached hydrogen (secondary N) is 1. The number of amides is 2. The van der Waals surface area contributed by atoms with Gasteiger partial charge >= 0.3 is 0 Å². The van der Waals surface area contributed by atoms with Crippen molar-refractivity contribution in [2.75, 3.05) is 39.3 Å². The van der Waals surface area contributed by atoms with E-state index < -0.39 is 5.91 Å². The number of benzene rings is 1. The van der Waals surface area contributed by atoms with Crippen molar-refractivity contribution in [1.29, 1.82) is 0 Å². The lowest BCUT2D eigenvalue weighted by atomic mass is 10.0. The fraction of sp³-hybridized carbons (Fsp3) is 0.529. The molecule has 1 aromatic carbocycles. The first-order valence-corrected chi connectivity index (χ1v) is 8.29. The maximum absolute atomic E-state index is 12.5. The van der Waals surface area contributed by atoms with Crippen molar-refractivity contribution in [2.45, 2.75) is 18.9 Å². The van der Waals surface area contributed by atoms with Crippen molar-refractivity contribution in [3.05, 3.63) is 35.4 Å². The molecule has 3 rings (SSSR count). The van der Waals surface area contributed by atoms with E-state index in [2.05, 4.69) is 10.2 Å². The lowest BCUT2D eigenvalue weighted by molar-refractivity contribution is 0.0532. The Morgan fingerprint density at radius 3 is 2.09 bits per heavy atom. The van der Waals surface area contributed by atoms with Crippen molar-refractivity contribution >= 4 is 11.8 Å². The molecule has 0 aromatic heterocycles. The lowest BCUT2D eigenvalue weighted by Gasteiger charge is -2.40. The number of carbonyl (C=O) groups excluding carboxylic acids is 2. The first kappa shape index (κ1) is 16.0. The highest BCUT2D eigenvalue weighted by molar-refractivity contribution is 5.97. The van der Waals surface area contributed by atoms with Crippen LogP contribution in [0.5, 0.6) is 0 Å². The highest BCUT2D eigenvalue weighted by Crippen LogP contribution is 2.16. The van der Waals surface area contributed by atoms with Crippen molar-refractivity contribution < 1.29 is 9.59 Å². The van der Waals surface area contributed by atoms with E-state index in [1.807, 2.05) is 4.90 Å². The summed E-state index contributed by atoms with van der Waals surface area (Å²) in [6, 6.07) is 7.24. The lowest BCUT2D eigenvalue weighted by Crippen LogP contribution is -2.53. The number of piperidine rings is 1. The first-order chi connectivity index (χ1) is 11.1. The molecule has 6 nitrogen and oxygen atoms in total. The second-order valence-corrected chi connectivity index (χ2v) is 6.25. The van der Waals surface area contributed by atoms with Crippen LogP contribution < -0.4 is 11.1 Å². The standard InChI is InChI=1S/C17H24N4O2/c18-16(22)13-1-3-14(4-2-13)17(23)21-11-9-20(10-12-21)15-5-7-19-8-6-15/h1-4,15,19H,5-12H2,(H2,18,22). The molecule has 2 aliphatic heterocycles. The van der Waals surface area contributed by atoms with E-state index in [9.17, 15) is 9.59 Å². The van der Waals surface area contributed by atoms with Crippen molar-refractivity contribution in [3.63, 3.8) is 0 Å². The van der Waals surface area contributed by atoms with Gasteiger partial charge in [-0.1, -0.05) is 0 Å². The fourth-order valence-corrected chi connectivity index (χ4v) is 3.42. The summed E-state index contributed by atoms with van der Waals surface area (Å²) in [5.74, 6) is -0.439. The molecule has 2 heterocycles. The monoisotopic (exact) mass is 316 g/mol. The second-order valence-electron chi connectivity index (χ2n) is 6.25. The zero-order valence-electron chi connectivity index (χ0n) is 13.3. The van der Waals surface area contributed by atoms with E-state index in [1.165, 1.54) is 12.8 Å². The third-order valence-electron chi connectivity index (χ3n) is 4.84. The van der Waals surface area contributed by atoms with Crippen LogP contribution in [-0.2, 0) is 0 Å². The molecule has 0 aliphatic carbocycles. The van der Waals surface area contributed by atoms with Crippen LogP contribution in [0.3, 0.4) is 0 Å². The van der Waals surface area contributed by atoms with Crippen LogP contribution >= 0.6 is 0 Å². The summed E-state index contributed by atoms with van der Waals surface area (Å²) in [5, 5.41) is 3.39. The Kier molecular flexibility index (Phi) is 4.93. The number of primary amides is 1. The van der Waals surface area contributed by atoms with E-state index in [-0.39, 0.29) is 5.91 Å². The molecule has 2 fully saturated rings. The molecular weight excluding hydrogens is 292 g/mol. The van der Waals surface area contributed by atoms with Crippen molar-refractivity contribution in [3.8, 4) is 0 Å². The molecular formula is C17H24N4O2. The van der Waals surface area contributed by atoms with Gasteiger partial charge in [0.15, 0.2) is 0 Å². The molecule has 3 N–H and O–H groups in total. The van der Waals surface area contributed by atoms with Crippen molar-refractivity contribution in [2.24, 2.45) is 5.73 Å². The molecule has 0 unspecified atom stereocenters. The molecule has 0 radical (unpaired) electrons. The van der Waals surface area contributed by atoms with Gasteiger partial charge in [0, 0.05) is 43.3 Å². The summed E-state index contributed by atoms with van der Waals surface area (Å²) >= 11 is 0. The third-order valence-corrected chi connectivity index (χ3v) is 4.84. The van der Waals surface area contributed by atoms with E-state index >= 15 is 0 Å². The highest BCUT2D eigenvalue weighted by Gasteiger charge is 2.27. The van der Waals surface area contributed by atoms with Crippen LogP contribution in [-0.4, -0.2) is 66.9 Å². The Labute approximate surface area is 136 Å². The van der Waals surface area contributed by atoms with Gasteiger partial charge in [0.25, 0.3) is 5.91 Å². The van der Waals surface area contributed by atoms with Gasteiger partial charge in [0.05, 0.1) is 0 Å². The Hall–Kier alpha value is -1.92. The molecule has 124 valence electrons. The largest absolute Gasteiger partial charge is 0.366 e. The SMILES string of the molecule is NC(=O)c1ccc(C(=O)N2CCN(C3CCNCC3)CC2)cc1. The zero-order chi connectivity index (χ0) is 16.2. The molecule has 2 amide bonds. The first-order valence-electron chi connectivity index (χ1n) is 8.29. The van der Waals surface area contributed by atoms with Gasteiger partial charge in [-0.25, -0.2) is 0 Å². The molecule has 0 atom stereocenters. The van der Waals surface area contributed by atoms with Gasteiger partial charge in [0.2, 0.25) is 5.91 Å². The average molecular weight is 316 g/mol. The second kappa shape index (κ2) is 7.10. The molecule has 0 saturated carbocycles. The van der Waals surface area contributed by atoms with Gasteiger partial charge in [-0.05, 0) is 50.2 Å². The number of rotatable bonds is 3. The van der Waals surface area contributed by atoms with E-state index in [0.29, 0.717) is 17.2 Å². The Balaban J connectivity index is 1.56. The molecule has 0 bridgehead atoms. The molecule has 2 saturated heterocycles. The molecule has 0 spiro atoms. The summed E-state index contributed by atoms with van der Waals surface area (Å²) in [4.78, 5) is 28.0. The topological polar surface area (TPSA) is 78.7 Å². The maximum atomic E-state index is 12.5. The molecule has 23 heavy (non-hydrogen) atoms. The Bertz CT molecular complexity index is 558. The van der Waals surface area contributed by atoms with Crippen LogP contribution in [0.1, 0.15) is 33.6 Å². The average Bonchev–Trinajstić information content (AvgIpc) is 2.62. The summed E-state index contributed by atoms with van der Waals surface area (Å²) in [6.07, 6.45) is 2.39. The molecule has 1 aromatic rings. The minimum atomic E-state index is -0.473. The van der Waals surface area contributed by atoms with Gasteiger partial charge < -0.3 is 16.0 Å². The third kappa shape index (κ3) is 3.71. The van der Waals surface area contributed by atoms with E-state index in [4.69, 9.17) is 5.73 Å². The van der Waals surface area contributed by atoms with Gasteiger partial charge in [-0.2, -0.15) is 0 Å². The van der Waals surface area contributed by atoms with Gasteiger partial charge in [0.1, 0.15) is 0 Å². The Morgan fingerprint density at radius 1 is 0.957 bits per heavy atom. The van der Waals surface area contributed by atoms with Crippen molar-refractivity contribution in [1.82, 2.24) is 15.1 Å². The maximum Gasteiger partial charge on any atom is 0.253 e. The van der Waals surface area contributed by atoms with Crippen LogP contribution in [0, 0.1) is 0 Å². The number of carbonyl (C=O) groups is 2. The minimum absolute atomic E-state index is 0.0333. The fourth-order valence-electron chi connectivity index (χ4n) is 3.42. The predicted octanol–water partition coefficient (Wildman–Crippen LogP) is 0.295. The normalized spacial score (nSPS) is 20.4. The predicted molar refractivity (Wildman–Crippen MR) is 88.3 cm³/mol.